The lowest BCUT2D eigenvalue weighted by molar-refractivity contribution is -0.159. The number of carbonyl (C=O) groups is 2. The van der Waals surface area contributed by atoms with Crippen molar-refractivity contribution in [1.82, 2.24) is 14.8 Å². The third-order valence-corrected chi connectivity index (χ3v) is 5.00. The molecule has 30 heavy (non-hydrogen) atoms. The molecule has 0 saturated carbocycles. The van der Waals surface area contributed by atoms with Gasteiger partial charge in [-0.05, 0) is 34.0 Å². The van der Waals surface area contributed by atoms with E-state index in [1.807, 2.05) is 18.5 Å². The molecule has 0 spiro atoms. The van der Waals surface area contributed by atoms with Gasteiger partial charge in [-0.1, -0.05) is 42.5 Å². The van der Waals surface area contributed by atoms with E-state index in [9.17, 15) is 0 Å². The average molecular weight is 407 g/mol. The molecule has 7 heteroatoms. The standard InChI is InChI=1S/C21H23N3.C2H2O4/c1-2-6-21-14-18(7-8-20(21)5-1)16-23-10-12-24(13-11-23)17-19-4-3-9-22-15-19;3-1(4)2(5)6/h1-9,14-15H,10-13,16-17H2;(H,3,4)(H,5,6). The van der Waals surface area contributed by atoms with E-state index in [0.29, 0.717) is 0 Å². The lowest BCUT2D eigenvalue weighted by atomic mass is 10.1. The summed E-state index contributed by atoms with van der Waals surface area (Å²) in [5, 5.41) is 17.4. The number of hydrogen-bond acceptors (Lipinski definition) is 5. The van der Waals surface area contributed by atoms with E-state index in [-0.39, 0.29) is 0 Å². The number of carboxylic acid groups (broad SMARTS) is 2. The summed E-state index contributed by atoms with van der Waals surface area (Å²) in [5.41, 5.74) is 2.72. The largest absolute Gasteiger partial charge is 0.473 e. The van der Waals surface area contributed by atoms with Crippen molar-refractivity contribution in [2.45, 2.75) is 13.1 Å². The highest BCUT2D eigenvalue weighted by Gasteiger charge is 2.17. The van der Waals surface area contributed by atoms with Gasteiger partial charge in [0.2, 0.25) is 0 Å². The first kappa shape index (κ1) is 21.4. The molecule has 0 unspecified atom stereocenters. The molecule has 7 nitrogen and oxygen atoms in total. The number of benzene rings is 2. The van der Waals surface area contributed by atoms with Crippen molar-refractivity contribution in [3.63, 3.8) is 0 Å². The molecule has 3 aromatic rings. The second-order valence-electron chi connectivity index (χ2n) is 7.21. The van der Waals surface area contributed by atoms with E-state index >= 15 is 0 Å². The van der Waals surface area contributed by atoms with E-state index in [2.05, 4.69) is 63.3 Å². The molecule has 0 bridgehead atoms. The molecule has 0 radical (unpaired) electrons. The van der Waals surface area contributed by atoms with E-state index in [0.717, 1.165) is 39.3 Å². The molecule has 1 saturated heterocycles. The predicted molar refractivity (Wildman–Crippen MR) is 114 cm³/mol. The maximum Gasteiger partial charge on any atom is 0.414 e. The molecule has 156 valence electrons. The number of pyridine rings is 1. The van der Waals surface area contributed by atoms with Gasteiger partial charge in [0.25, 0.3) is 0 Å². The van der Waals surface area contributed by atoms with Crippen LogP contribution < -0.4 is 0 Å². The number of fused-ring (bicyclic) bond motifs is 1. The Balaban J connectivity index is 0.000000377. The molecule has 2 heterocycles. The Morgan fingerprint density at radius 2 is 1.37 bits per heavy atom. The highest BCUT2D eigenvalue weighted by Crippen LogP contribution is 2.17. The summed E-state index contributed by atoms with van der Waals surface area (Å²) < 4.78 is 0. The maximum absolute atomic E-state index is 9.10. The molecule has 1 aromatic heterocycles. The van der Waals surface area contributed by atoms with Crippen molar-refractivity contribution in [3.05, 3.63) is 78.1 Å². The fourth-order valence-electron chi connectivity index (χ4n) is 3.45. The molecule has 0 atom stereocenters. The van der Waals surface area contributed by atoms with Gasteiger partial charge in [-0.15, -0.1) is 0 Å². The van der Waals surface area contributed by atoms with Gasteiger partial charge in [-0.3, -0.25) is 14.8 Å². The highest BCUT2D eigenvalue weighted by molar-refractivity contribution is 6.27. The summed E-state index contributed by atoms with van der Waals surface area (Å²) in [6.45, 7) is 6.58. The number of aliphatic carboxylic acids is 2. The van der Waals surface area contributed by atoms with Crippen LogP contribution in [0.15, 0.2) is 67.0 Å². The topological polar surface area (TPSA) is 94.0 Å². The Morgan fingerprint density at radius 3 is 1.93 bits per heavy atom. The lowest BCUT2D eigenvalue weighted by Gasteiger charge is -2.34. The number of nitrogens with zero attached hydrogens (tertiary/aromatic N) is 3. The Hall–Kier alpha value is -3.29. The summed E-state index contributed by atoms with van der Waals surface area (Å²) >= 11 is 0. The quantitative estimate of drug-likeness (QED) is 0.642. The molecule has 2 N–H and O–H groups in total. The van der Waals surface area contributed by atoms with E-state index < -0.39 is 11.9 Å². The molecule has 2 aromatic carbocycles. The first-order chi connectivity index (χ1) is 14.5. The first-order valence-electron chi connectivity index (χ1n) is 9.79. The van der Waals surface area contributed by atoms with Crippen LogP contribution in [0.5, 0.6) is 0 Å². The van der Waals surface area contributed by atoms with Gasteiger partial charge in [0.1, 0.15) is 0 Å². The van der Waals surface area contributed by atoms with Gasteiger partial charge in [-0.25, -0.2) is 9.59 Å². The average Bonchev–Trinajstić information content (AvgIpc) is 2.76. The van der Waals surface area contributed by atoms with Crippen LogP contribution in [0.4, 0.5) is 0 Å². The lowest BCUT2D eigenvalue weighted by Crippen LogP contribution is -2.45. The number of rotatable bonds is 4. The minimum absolute atomic E-state index is 1.01. The Labute approximate surface area is 175 Å². The van der Waals surface area contributed by atoms with Crippen molar-refractivity contribution in [1.29, 1.82) is 0 Å². The number of piperazine rings is 1. The maximum atomic E-state index is 9.10. The van der Waals surface area contributed by atoms with Crippen LogP contribution in [0.2, 0.25) is 0 Å². The van der Waals surface area contributed by atoms with E-state index in [4.69, 9.17) is 19.8 Å². The van der Waals surface area contributed by atoms with Crippen LogP contribution in [-0.4, -0.2) is 63.1 Å². The monoisotopic (exact) mass is 407 g/mol. The second-order valence-corrected chi connectivity index (χ2v) is 7.21. The Morgan fingerprint density at radius 1 is 0.767 bits per heavy atom. The van der Waals surface area contributed by atoms with Crippen LogP contribution in [0, 0.1) is 0 Å². The molecule has 1 fully saturated rings. The first-order valence-corrected chi connectivity index (χ1v) is 9.79. The number of hydrogen-bond donors (Lipinski definition) is 2. The van der Waals surface area contributed by atoms with Crippen molar-refractivity contribution in [2.24, 2.45) is 0 Å². The van der Waals surface area contributed by atoms with Crippen LogP contribution in [0.3, 0.4) is 0 Å². The van der Waals surface area contributed by atoms with Crippen molar-refractivity contribution >= 4 is 22.7 Å². The molecule has 0 amide bonds. The fourth-order valence-corrected chi connectivity index (χ4v) is 3.45. The molecule has 1 aliphatic rings. The summed E-state index contributed by atoms with van der Waals surface area (Å²) in [6.07, 6.45) is 3.81. The Bertz CT molecular complexity index is 974. The normalized spacial score (nSPS) is 14.7. The zero-order valence-corrected chi connectivity index (χ0v) is 16.6. The van der Waals surface area contributed by atoms with Gasteiger partial charge >= 0.3 is 11.9 Å². The van der Waals surface area contributed by atoms with Crippen LogP contribution in [-0.2, 0) is 22.7 Å². The van der Waals surface area contributed by atoms with Crippen LogP contribution >= 0.6 is 0 Å². The SMILES string of the molecule is O=C(O)C(=O)O.c1cncc(CN2CCN(Cc3ccc4ccccc4c3)CC2)c1. The highest BCUT2D eigenvalue weighted by atomic mass is 16.4. The van der Waals surface area contributed by atoms with Gasteiger partial charge < -0.3 is 10.2 Å². The summed E-state index contributed by atoms with van der Waals surface area (Å²) in [4.78, 5) is 27.5. The summed E-state index contributed by atoms with van der Waals surface area (Å²) in [7, 11) is 0. The third-order valence-electron chi connectivity index (χ3n) is 5.00. The van der Waals surface area contributed by atoms with Crippen molar-refractivity contribution in [2.75, 3.05) is 26.2 Å². The fraction of sp³-hybridized carbons (Fsp3) is 0.261. The van der Waals surface area contributed by atoms with Crippen molar-refractivity contribution < 1.29 is 19.8 Å². The number of carboxylic acids is 2. The van der Waals surface area contributed by atoms with Crippen LogP contribution in [0.25, 0.3) is 10.8 Å². The second kappa shape index (κ2) is 10.5. The van der Waals surface area contributed by atoms with Gasteiger partial charge in [-0.2, -0.15) is 0 Å². The molecular formula is C23H25N3O4. The molecule has 0 aliphatic carbocycles. The third kappa shape index (κ3) is 6.37. The van der Waals surface area contributed by atoms with E-state index in [1.54, 1.807) is 0 Å². The van der Waals surface area contributed by atoms with Gasteiger partial charge in [0.15, 0.2) is 0 Å². The summed E-state index contributed by atoms with van der Waals surface area (Å²) in [6, 6.07) is 19.6. The zero-order chi connectivity index (χ0) is 21.3. The van der Waals surface area contributed by atoms with Gasteiger partial charge in [0, 0.05) is 51.7 Å². The molecular weight excluding hydrogens is 382 g/mol. The Kier molecular flexibility index (Phi) is 7.48. The molecule has 1 aliphatic heterocycles. The predicted octanol–water partition coefficient (Wildman–Crippen LogP) is 2.71. The smallest absolute Gasteiger partial charge is 0.414 e. The minimum atomic E-state index is -1.82. The van der Waals surface area contributed by atoms with E-state index in [1.165, 1.54) is 21.9 Å². The minimum Gasteiger partial charge on any atom is -0.473 e. The summed E-state index contributed by atoms with van der Waals surface area (Å²) in [5.74, 6) is -3.65. The van der Waals surface area contributed by atoms with Crippen molar-refractivity contribution in [3.8, 4) is 0 Å². The van der Waals surface area contributed by atoms with Gasteiger partial charge in [0.05, 0.1) is 0 Å². The zero-order valence-electron chi connectivity index (χ0n) is 16.6. The number of aromatic nitrogens is 1. The van der Waals surface area contributed by atoms with Crippen LogP contribution in [0.1, 0.15) is 11.1 Å². The molecule has 4 rings (SSSR count).